The number of fused-ring (bicyclic) bond motifs is 9. The van der Waals surface area contributed by atoms with Crippen molar-refractivity contribution in [3.8, 4) is 34.0 Å². The van der Waals surface area contributed by atoms with Crippen LogP contribution in [0, 0.1) is 6.92 Å². The Morgan fingerprint density at radius 1 is 0.456 bits per heavy atom. The molecule has 0 aliphatic heterocycles. The molecule has 0 unspecified atom stereocenters. The molecule has 272 valence electrons. The molecule has 0 radical (unpaired) electrons. The van der Waals surface area contributed by atoms with Crippen molar-refractivity contribution in [2.45, 2.75) is 13.1 Å². The van der Waals surface area contributed by atoms with Crippen LogP contribution in [0.4, 0.5) is 13.2 Å². The Morgan fingerprint density at radius 2 is 1.07 bits per heavy atom. The zero-order valence-corrected chi connectivity index (χ0v) is 30.6. The van der Waals surface area contributed by atoms with E-state index >= 15 is 0 Å². The second-order valence-electron chi connectivity index (χ2n) is 14.6. The van der Waals surface area contributed by atoms with Crippen molar-refractivity contribution in [3.05, 3.63) is 181 Å². The molecule has 0 aliphatic rings. The van der Waals surface area contributed by atoms with E-state index in [1.54, 1.807) is 6.92 Å². The molecule has 0 saturated heterocycles. The number of aryl methyl sites for hydroxylation is 1. The van der Waals surface area contributed by atoms with E-state index in [2.05, 4.69) is 100 Å². The van der Waals surface area contributed by atoms with Crippen LogP contribution < -0.4 is 0 Å². The molecule has 8 aromatic carbocycles. The maximum atomic E-state index is 14.6. The van der Waals surface area contributed by atoms with Crippen molar-refractivity contribution in [1.82, 2.24) is 19.1 Å². The molecule has 0 aliphatic carbocycles. The lowest BCUT2D eigenvalue weighted by Gasteiger charge is -2.17. The number of para-hydroxylation sites is 3. The number of halogens is 3. The second kappa shape index (κ2) is 12.4. The van der Waals surface area contributed by atoms with Crippen LogP contribution in [0.15, 0.2) is 170 Å². The predicted molar refractivity (Wildman–Crippen MR) is 226 cm³/mol. The molecule has 3 aromatic heterocycles. The minimum absolute atomic E-state index is 0.0206. The van der Waals surface area contributed by atoms with E-state index < -0.39 is 11.7 Å². The Bertz CT molecular complexity index is 3410. The monoisotopic (exact) mass is 744 g/mol. The van der Waals surface area contributed by atoms with Crippen LogP contribution in [0.2, 0.25) is 0 Å². The smallest absolute Gasteiger partial charge is 0.309 e. The highest BCUT2D eigenvalue weighted by molar-refractivity contribution is 6.14. The number of benzene rings is 8. The third kappa shape index (κ3) is 5.16. The van der Waals surface area contributed by atoms with Crippen LogP contribution >= 0.6 is 0 Å². The first-order valence-electron chi connectivity index (χ1n) is 18.8. The largest absolute Gasteiger partial charge is 0.417 e. The van der Waals surface area contributed by atoms with Gasteiger partial charge in [0.1, 0.15) is 5.82 Å². The summed E-state index contributed by atoms with van der Waals surface area (Å²) in [4.78, 5) is 10.0. The van der Waals surface area contributed by atoms with Crippen molar-refractivity contribution in [1.29, 1.82) is 0 Å². The van der Waals surface area contributed by atoms with Gasteiger partial charge < -0.3 is 4.57 Å². The van der Waals surface area contributed by atoms with E-state index in [1.165, 1.54) is 12.1 Å². The molecule has 0 atom stereocenters. The zero-order valence-electron chi connectivity index (χ0n) is 30.6. The summed E-state index contributed by atoms with van der Waals surface area (Å²) in [6.45, 7) is 1.78. The van der Waals surface area contributed by atoms with Gasteiger partial charge in [0.15, 0.2) is 5.82 Å². The standard InChI is InChI=1S/C50H31F3N4/c1-30-19-25-42(50(51,52)53)41(27-30)48-54-47-35-14-6-5-11-31(35)20-24-39(47)49(55-48)57-44-18-10-7-15-36(44)38-23-21-33(29-46(38)57)32-22-26-45-40(28-32)37-16-8-9-17-43(37)56(45)34-12-3-2-4-13-34/h2-29H,1H3. The quantitative estimate of drug-likeness (QED) is 0.168. The Kier molecular flexibility index (Phi) is 7.19. The number of rotatable bonds is 4. The normalized spacial score (nSPS) is 12.2. The number of alkyl halides is 3. The van der Waals surface area contributed by atoms with Crippen LogP contribution in [0.3, 0.4) is 0 Å². The van der Waals surface area contributed by atoms with E-state index in [0.717, 1.165) is 82.7 Å². The van der Waals surface area contributed by atoms with E-state index in [9.17, 15) is 13.2 Å². The third-order valence-corrected chi connectivity index (χ3v) is 11.2. The van der Waals surface area contributed by atoms with Crippen LogP contribution in [0.1, 0.15) is 11.1 Å². The lowest BCUT2D eigenvalue weighted by atomic mass is 10.0. The maximum absolute atomic E-state index is 14.6. The first-order chi connectivity index (χ1) is 27.8. The Morgan fingerprint density at radius 3 is 1.86 bits per heavy atom. The van der Waals surface area contributed by atoms with Gasteiger partial charge in [0.2, 0.25) is 0 Å². The van der Waals surface area contributed by atoms with Gasteiger partial charge >= 0.3 is 6.18 Å². The summed E-state index contributed by atoms with van der Waals surface area (Å²) in [5.74, 6) is 0.535. The average Bonchev–Trinajstić information content (AvgIpc) is 3.75. The molecule has 0 amide bonds. The van der Waals surface area contributed by atoms with Crippen molar-refractivity contribution in [2.24, 2.45) is 0 Å². The molecule has 4 nitrogen and oxygen atoms in total. The van der Waals surface area contributed by atoms with E-state index in [4.69, 9.17) is 9.97 Å². The van der Waals surface area contributed by atoms with Gasteiger partial charge in [-0.05, 0) is 84.1 Å². The highest BCUT2D eigenvalue weighted by Gasteiger charge is 2.35. The first kappa shape index (κ1) is 33.1. The summed E-state index contributed by atoms with van der Waals surface area (Å²) in [5, 5.41) is 6.85. The second-order valence-corrected chi connectivity index (χ2v) is 14.6. The van der Waals surface area contributed by atoms with Gasteiger partial charge in [-0.2, -0.15) is 13.2 Å². The fourth-order valence-electron chi connectivity index (χ4n) is 8.61. The summed E-state index contributed by atoms with van der Waals surface area (Å²) < 4.78 is 48.3. The maximum Gasteiger partial charge on any atom is 0.417 e. The van der Waals surface area contributed by atoms with Crippen molar-refractivity contribution >= 4 is 65.3 Å². The minimum Gasteiger partial charge on any atom is -0.309 e. The summed E-state index contributed by atoms with van der Waals surface area (Å²) in [7, 11) is 0. The number of aromatic nitrogens is 4. The van der Waals surface area contributed by atoms with Crippen LogP contribution in [-0.4, -0.2) is 19.1 Å². The lowest BCUT2D eigenvalue weighted by molar-refractivity contribution is -0.137. The highest BCUT2D eigenvalue weighted by atomic mass is 19.4. The average molecular weight is 745 g/mol. The van der Waals surface area contributed by atoms with Gasteiger partial charge in [-0.15, -0.1) is 0 Å². The van der Waals surface area contributed by atoms with Crippen LogP contribution in [-0.2, 0) is 6.18 Å². The molecule has 11 aromatic rings. The van der Waals surface area contributed by atoms with Gasteiger partial charge in [0, 0.05) is 43.6 Å². The molecule has 57 heavy (non-hydrogen) atoms. The molecule has 0 spiro atoms. The van der Waals surface area contributed by atoms with Gasteiger partial charge in [-0.1, -0.05) is 115 Å². The molecular formula is C50H31F3N4. The lowest BCUT2D eigenvalue weighted by Crippen LogP contribution is -2.10. The number of hydrogen-bond donors (Lipinski definition) is 0. The molecule has 11 rings (SSSR count). The van der Waals surface area contributed by atoms with Crippen LogP contribution in [0.25, 0.3) is 99.3 Å². The number of nitrogens with zero attached hydrogens (tertiary/aromatic N) is 4. The first-order valence-corrected chi connectivity index (χ1v) is 18.8. The van der Waals surface area contributed by atoms with Gasteiger partial charge in [-0.25, -0.2) is 9.97 Å². The van der Waals surface area contributed by atoms with Crippen molar-refractivity contribution < 1.29 is 13.2 Å². The molecule has 7 heteroatoms. The van der Waals surface area contributed by atoms with E-state index in [1.807, 2.05) is 60.7 Å². The van der Waals surface area contributed by atoms with Crippen molar-refractivity contribution in [3.63, 3.8) is 0 Å². The molecular weight excluding hydrogens is 714 g/mol. The third-order valence-electron chi connectivity index (χ3n) is 11.2. The summed E-state index contributed by atoms with van der Waals surface area (Å²) >= 11 is 0. The topological polar surface area (TPSA) is 35.6 Å². The highest BCUT2D eigenvalue weighted by Crippen LogP contribution is 2.42. The fraction of sp³-hybridized carbons (Fsp3) is 0.0400. The van der Waals surface area contributed by atoms with Gasteiger partial charge in [-0.3, -0.25) is 4.57 Å². The zero-order chi connectivity index (χ0) is 38.4. The summed E-state index contributed by atoms with van der Waals surface area (Å²) in [5.41, 5.74) is 7.63. The van der Waals surface area contributed by atoms with Gasteiger partial charge in [0.05, 0.1) is 33.1 Å². The molecule has 0 saturated carbocycles. The molecule has 3 heterocycles. The van der Waals surface area contributed by atoms with E-state index in [-0.39, 0.29) is 11.4 Å². The molecule has 0 fully saturated rings. The van der Waals surface area contributed by atoms with Crippen LogP contribution in [0.5, 0.6) is 0 Å². The summed E-state index contributed by atoms with van der Waals surface area (Å²) in [6.07, 6.45) is -4.60. The Labute approximate surface area is 324 Å². The van der Waals surface area contributed by atoms with Crippen molar-refractivity contribution in [2.75, 3.05) is 0 Å². The molecule has 0 N–H and O–H groups in total. The fourth-order valence-corrected chi connectivity index (χ4v) is 8.61. The SMILES string of the molecule is Cc1ccc(C(F)(F)F)c(-c2nc(-n3c4ccccc4c4ccc(-c5ccc6c(c5)c5ccccc5n6-c5ccccc5)cc43)c3ccc4ccccc4c3n2)c1. The molecule has 0 bridgehead atoms. The predicted octanol–water partition coefficient (Wildman–Crippen LogP) is 13.6. The van der Waals surface area contributed by atoms with E-state index in [0.29, 0.717) is 16.9 Å². The Balaban J connectivity index is 1.20. The number of hydrogen-bond acceptors (Lipinski definition) is 2. The minimum atomic E-state index is -4.60. The summed E-state index contributed by atoms with van der Waals surface area (Å²) in [6, 6.07) is 56.0. The van der Waals surface area contributed by atoms with Gasteiger partial charge in [0.25, 0.3) is 0 Å². The Hall–Kier alpha value is -7.25.